The smallest absolute Gasteiger partial charge is 0.326 e. The number of nitro groups is 1. The lowest BCUT2D eigenvalue weighted by Crippen LogP contribution is -2.37. The fourth-order valence-corrected chi connectivity index (χ4v) is 3.39. The first kappa shape index (κ1) is 21.0. The molecule has 1 heterocycles. The number of hydrogen-bond acceptors (Lipinski definition) is 5. The molecule has 0 radical (unpaired) electrons. The van der Waals surface area contributed by atoms with Crippen LogP contribution in [0.1, 0.15) is 16.1 Å². The first-order valence-electron chi connectivity index (χ1n) is 9.24. The number of anilines is 2. The maximum Gasteiger partial charge on any atom is 0.326 e. The molecule has 3 aromatic rings. The summed E-state index contributed by atoms with van der Waals surface area (Å²) in [4.78, 5) is 37.4. The molecule has 0 aliphatic carbocycles. The van der Waals surface area contributed by atoms with Crippen molar-refractivity contribution in [3.63, 3.8) is 0 Å². The summed E-state index contributed by atoms with van der Waals surface area (Å²) >= 11 is 1.37. The molecule has 0 fully saturated rings. The molecule has 0 unspecified atom stereocenters. The van der Waals surface area contributed by atoms with Gasteiger partial charge in [0.2, 0.25) is 0 Å². The molecule has 2 aromatic carbocycles. The number of nitrogens with zero attached hydrogens (tertiary/aromatic N) is 2. The number of urea groups is 1. The molecule has 0 aliphatic rings. The SMILES string of the molecule is O=C(NCCCN(C(=O)Nc1ccc([N+](=O)[O-])cc1)c1ccccc1)c1cccs1. The predicted octanol–water partition coefficient (Wildman–Crippen LogP) is 4.51. The fraction of sp³-hybridized carbons (Fsp3) is 0.143. The molecule has 8 nitrogen and oxygen atoms in total. The van der Waals surface area contributed by atoms with Crippen LogP contribution in [0, 0.1) is 10.1 Å². The Morgan fingerprint density at radius 1 is 1.00 bits per heavy atom. The number of hydrogen-bond donors (Lipinski definition) is 2. The number of rotatable bonds is 8. The molecule has 3 amide bonds. The Kier molecular flexibility index (Phi) is 7.12. The molecule has 154 valence electrons. The topological polar surface area (TPSA) is 105 Å². The van der Waals surface area contributed by atoms with E-state index >= 15 is 0 Å². The van der Waals surface area contributed by atoms with Gasteiger partial charge in [0.1, 0.15) is 0 Å². The van der Waals surface area contributed by atoms with Gasteiger partial charge in [-0.25, -0.2) is 4.79 Å². The number of carbonyl (C=O) groups excluding carboxylic acids is 2. The van der Waals surface area contributed by atoms with E-state index in [1.807, 2.05) is 41.8 Å². The molecule has 0 spiro atoms. The second-order valence-corrected chi connectivity index (χ2v) is 7.26. The number of carbonyl (C=O) groups is 2. The van der Waals surface area contributed by atoms with Crippen LogP contribution < -0.4 is 15.5 Å². The maximum absolute atomic E-state index is 12.8. The van der Waals surface area contributed by atoms with Crippen molar-refractivity contribution in [3.05, 3.63) is 87.1 Å². The van der Waals surface area contributed by atoms with E-state index in [9.17, 15) is 19.7 Å². The van der Waals surface area contributed by atoms with Gasteiger partial charge in [-0.2, -0.15) is 0 Å². The van der Waals surface area contributed by atoms with Gasteiger partial charge in [0.05, 0.1) is 9.80 Å². The Labute approximate surface area is 177 Å². The van der Waals surface area contributed by atoms with E-state index in [1.165, 1.54) is 35.6 Å². The van der Waals surface area contributed by atoms with Crippen molar-refractivity contribution in [3.8, 4) is 0 Å². The van der Waals surface area contributed by atoms with Crippen molar-refractivity contribution in [1.29, 1.82) is 0 Å². The fourth-order valence-electron chi connectivity index (χ4n) is 2.75. The van der Waals surface area contributed by atoms with Crippen LogP contribution in [0.4, 0.5) is 21.9 Å². The summed E-state index contributed by atoms with van der Waals surface area (Å²) in [6.45, 7) is 0.804. The van der Waals surface area contributed by atoms with Gasteiger partial charge < -0.3 is 10.6 Å². The van der Waals surface area contributed by atoms with Crippen LogP contribution in [0.15, 0.2) is 72.1 Å². The summed E-state index contributed by atoms with van der Waals surface area (Å²) < 4.78 is 0. The van der Waals surface area contributed by atoms with Crippen LogP contribution in [0.2, 0.25) is 0 Å². The molecule has 0 saturated heterocycles. The Balaban J connectivity index is 1.61. The third-order valence-corrected chi connectivity index (χ3v) is 5.10. The molecule has 0 aliphatic heterocycles. The minimum Gasteiger partial charge on any atom is -0.351 e. The van der Waals surface area contributed by atoms with Crippen molar-refractivity contribution in [2.45, 2.75) is 6.42 Å². The van der Waals surface area contributed by atoms with E-state index in [0.29, 0.717) is 35.8 Å². The van der Waals surface area contributed by atoms with E-state index in [0.717, 1.165) is 0 Å². The van der Waals surface area contributed by atoms with Crippen LogP contribution in [0.25, 0.3) is 0 Å². The molecular weight excluding hydrogens is 404 g/mol. The van der Waals surface area contributed by atoms with Crippen LogP contribution in [-0.2, 0) is 0 Å². The number of nitrogens with one attached hydrogen (secondary N) is 2. The lowest BCUT2D eigenvalue weighted by atomic mass is 10.2. The third kappa shape index (κ3) is 5.65. The van der Waals surface area contributed by atoms with E-state index in [-0.39, 0.29) is 17.6 Å². The van der Waals surface area contributed by atoms with Gasteiger partial charge in [-0.1, -0.05) is 24.3 Å². The normalized spacial score (nSPS) is 10.3. The Morgan fingerprint density at radius 2 is 1.73 bits per heavy atom. The highest BCUT2D eigenvalue weighted by atomic mass is 32.1. The summed E-state index contributed by atoms with van der Waals surface area (Å²) in [5.74, 6) is -0.133. The summed E-state index contributed by atoms with van der Waals surface area (Å²) in [5, 5.41) is 18.2. The van der Waals surface area contributed by atoms with E-state index in [4.69, 9.17) is 0 Å². The zero-order valence-corrected chi connectivity index (χ0v) is 16.8. The number of thiophene rings is 1. The van der Waals surface area contributed by atoms with Crippen molar-refractivity contribution >= 4 is 40.3 Å². The second-order valence-electron chi connectivity index (χ2n) is 6.31. The van der Waals surface area contributed by atoms with Crippen molar-refractivity contribution < 1.29 is 14.5 Å². The highest BCUT2D eigenvalue weighted by molar-refractivity contribution is 7.12. The minimum atomic E-state index is -0.494. The third-order valence-electron chi connectivity index (χ3n) is 4.23. The molecule has 1 aromatic heterocycles. The molecule has 0 saturated carbocycles. The molecule has 9 heteroatoms. The maximum atomic E-state index is 12.8. The number of non-ortho nitro benzene ring substituents is 1. The van der Waals surface area contributed by atoms with Crippen molar-refractivity contribution in [1.82, 2.24) is 5.32 Å². The predicted molar refractivity (Wildman–Crippen MR) is 117 cm³/mol. The van der Waals surface area contributed by atoms with Crippen molar-refractivity contribution in [2.24, 2.45) is 0 Å². The molecule has 0 atom stereocenters. The molecule has 2 N–H and O–H groups in total. The van der Waals surface area contributed by atoms with E-state index in [1.54, 1.807) is 11.0 Å². The van der Waals surface area contributed by atoms with Gasteiger partial charge in [0.15, 0.2) is 0 Å². The summed E-state index contributed by atoms with van der Waals surface area (Å²) in [7, 11) is 0. The van der Waals surface area contributed by atoms with Gasteiger partial charge in [-0.05, 0) is 42.1 Å². The number of benzene rings is 2. The summed E-state index contributed by atoms with van der Waals surface area (Å²) in [5.41, 5.74) is 1.12. The number of para-hydroxylation sites is 1. The van der Waals surface area contributed by atoms with Crippen LogP contribution in [0.3, 0.4) is 0 Å². The lowest BCUT2D eigenvalue weighted by Gasteiger charge is -2.23. The van der Waals surface area contributed by atoms with Crippen LogP contribution in [0.5, 0.6) is 0 Å². The molecule has 0 bridgehead atoms. The van der Waals surface area contributed by atoms with Gasteiger partial charge in [-0.3, -0.25) is 19.8 Å². The summed E-state index contributed by atoms with van der Waals surface area (Å²) in [6.07, 6.45) is 0.555. The van der Waals surface area contributed by atoms with Gasteiger partial charge in [0, 0.05) is 36.6 Å². The Hall–Kier alpha value is -3.72. The molecule has 3 rings (SSSR count). The largest absolute Gasteiger partial charge is 0.351 e. The number of nitro benzene ring substituents is 1. The van der Waals surface area contributed by atoms with Gasteiger partial charge >= 0.3 is 6.03 Å². The standard InChI is InChI=1S/C21H20N4O4S/c26-20(19-8-4-15-30-19)22-13-5-14-24(17-6-2-1-3-7-17)21(27)23-16-9-11-18(12-10-16)25(28)29/h1-4,6-12,15H,5,13-14H2,(H,22,26)(H,23,27). The lowest BCUT2D eigenvalue weighted by molar-refractivity contribution is -0.384. The van der Waals surface area contributed by atoms with Gasteiger partial charge in [-0.15, -0.1) is 11.3 Å². The average Bonchev–Trinajstić information content (AvgIpc) is 3.29. The first-order chi connectivity index (χ1) is 14.5. The Morgan fingerprint density at radius 3 is 2.37 bits per heavy atom. The van der Waals surface area contributed by atoms with Gasteiger partial charge in [0.25, 0.3) is 11.6 Å². The zero-order chi connectivity index (χ0) is 21.3. The average molecular weight is 424 g/mol. The first-order valence-corrected chi connectivity index (χ1v) is 10.1. The molecular formula is C21H20N4O4S. The quantitative estimate of drug-likeness (QED) is 0.315. The van der Waals surface area contributed by atoms with E-state index < -0.39 is 4.92 Å². The summed E-state index contributed by atoms with van der Waals surface area (Å²) in [6, 6.07) is 18.0. The highest BCUT2D eigenvalue weighted by Crippen LogP contribution is 2.19. The van der Waals surface area contributed by atoms with E-state index in [2.05, 4.69) is 10.6 Å². The minimum absolute atomic E-state index is 0.0469. The Bertz CT molecular complexity index is 992. The molecule has 30 heavy (non-hydrogen) atoms. The van der Waals surface area contributed by atoms with Crippen molar-refractivity contribution in [2.75, 3.05) is 23.3 Å². The second kappa shape index (κ2) is 10.2. The monoisotopic (exact) mass is 424 g/mol. The van der Waals surface area contributed by atoms with Crippen LogP contribution in [-0.4, -0.2) is 30.0 Å². The van der Waals surface area contributed by atoms with Crippen LogP contribution >= 0.6 is 11.3 Å². The zero-order valence-electron chi connectivity index (χ0n) is 16.0. The number of amides is 3. The highest BCUT2D eigenvalue weighted by Gasteiger charge is 2.16.